The average molecular weight is 621 g/mol. The van der Waals surface area contributed by atoms with Crippen LogP contribution in [0.3, 0.4) is 0 Å². The molecule has 3 heterocycles. The van der Waals surface area contributed by atoms with Crippen LogP contribution in [0.15, 0.2) is 96.5 Å². The van der Waals surface area contributed by atoms with Gasteiger partial charge >= 0.3 is 12.3 Å². The number of anilines is 1. The molecule has 1 aliphatic heterocycles. The van der Waals surface area contributed by atoms with Gasteiger partial charge in [-0.3, -0.25) is 14.3 Å². The van der Waals surface area contributed by atoms with E-state index in [0.29, 0.717) is 49.3 Å². The Morgan fingerprint density at radius 3 is 2.57 bits per heavy atom. The zero-order chi connectivity index (χ0) is 32.9. The Bertz CT molecular complexity index is 2320. The molecule has 5 aromatic rings. The summed E-state index contributed by atoms with van der Waals surface area (Å²) in [5.41, 5.74) is 4.78. The normalized spacial score (nSPS) is 16.7. The average Bonchev–Trinajstić information content (AvgIpc) is 3.41. The number of pyridine rings is 1. The van der Waals surface area contributed by atoms with Crippen molar-refractivity contribution < 1.29 is 4.79 Å². The monoisotopic (exact) mass is 620 g/mol. The minimum Gasteiger partial charge on any atom is -0.367 e. The van der Waals surface area contributed by atoms with Gasteiger partial charge in [-0.2, -0.15) is 5.26 Å². The first-order valence-electron chi connectivity index (χ1n) is 15.7. The third-order valence-corrected chi connectivity index (χ3v) is 9.59. The number of nitriles is 1. The highest BCUT2D eigenvalue weighted by Gasteiger charge is 2.30. The lowest BCUT2D eigenvalue weighted by molar-refractivity contribution is -0.126. The smallest absolute Gasteiger partial charge is 0.367 e. The van der Waals surface area contributed by atoms with Crippen molar-refractivity contribution >= 4 is 50.0 Å². The molecule has 3 aromatic carbocycles. The van der Waals surface area contributed by atoms with Crippen LogP contribution in [0.2, 0.25) is 0 Å². The molecule has 0 bridgehead atoms. The maximum absolute atomic E-state index is 13.8. The number of allylic oxidation sites excluding steroid dienone is 4. The van der Waals surface area contributed by atoms with Crippen molar-refractivity contribution in [3.63, 3.8) is 0 Å². The summed E-state index contributed by atoms with van der Waals surface area (Å²) in [5.74, 6) is -0.0172. The lowest BCUT2D eigenvalue weighted by Crippen LogP contribution is -2.48. The van der Waals surface area contributed by atoms with Crippen LogP contribution in [0, 0.1) is 29.2 Å². The summed E-state index contributed by atoms with van der Waals surface area (Å²) in [5, 5.41) is 12.7. The second-order valence-electron chi connectivity index (χ2n) is 12.7. The molecular formula is C38H34N7O2+. The topological polar surface area (TPSA) is 91.5 Å². The van der Waals surface area contributed by atoms with Gasteiger partial charge < -0.3 is 9.80 Å². The number of carbonyl (C=O) groups excluding carboxylic acids is 1. The van der Waals surface area contributed by atoms with Gasteiger partial charge in [0.2, 0.25) is 5.91 Å². The fourth-order valence-corrected chi connectivity index (χ4v) is 6.79. The third kappa shape index (κ3) is 4.97. The van der Waals surface area contributed by atoms with Crippen LogP contribution in [0.5, 0.6) is 0 Å². The number of amides is 1. The number of piperazine rings is 1. The van der Waals surface area contributed by atoms with Gasteiger partial charge in [0, 0.05) is 48.3 Å². The van der Waals surface area contributed by atoms with Gasteiger partial charge in [0.05, 0.1) is 38.3 Å². The van der Waals surface area contributed by atoms with Gasteiger partial charge in [0.25, 0.3) is 0 Å². The number of aromatic nitrogens is 3. The predicted octanol–water partition coefficient (Wildman–Crippen LogP) is 6.70. The zero-order valence-electron chi connectivity index (χ0n) is 26.4. The van der Waals surface area contributed by atoms with Crippen LogP contribution in [0.25, 0.3) is 54.5 Å². The molecule has 7 rings (SSSR count). The molecule has 2 aliphatic rings. The number of rotatable bonds is 5. The summed E-state index contributed by atoms with van der Waals surface area (Å²) in [7, 11) is 0. The molecule has 1 saturated heterocycles. The molecule has 9 heteroatoms. The Morgan fingerprint density at radius 1 is 1.09 bits per heavy atom. The first-order valence-corrected chi connectivity index (χ1v) is 15.7. The van der Waals surface area contributed by atoms with Crippen LogP contribution >= 0.6 is 0 Å². The fraction of sp³-hybridized carbons (Fsp3) is 0.237. The van der Waals surface area contributed by atoms with E-state index in [-0.39, 0.29) is 11.8 Å². The Labute approximate surface area is 272 Å². The van der Waals surface area contributed by atoms with Gasteiger partial charge in [-0.05, 0) is 79.1 Å². The van der Waals surface area contributed by atoms with Crippen molar-refractivity contribution in [2.24, 2.45) is 11.3 Å². The van der Waals surface area contributed by atoms with Crippen molar-refractivity contribution in [3.8, 4) is 23.8 Å². The Balaban J connectivity index is 1.37. The van der Waals surface area contributed by atoms with E-state index in [1.165, 1.54) is 10.8 Å². The fourth-order valence-electron chi connectivity index (χ4n) is 6.79. The summed E-state index contributed by atoms with van der Waals surface area (Å²) >= 11 is 0. The van der Waals surface area contributed by atoms with Gasteiger partial charge in [-0.25, -0.2) is 4.79 Å². The standard InChI is InChI=1S/C38H34N7O2/c1-5-35(46)43-18-16-42(17-19-43)33-22-27(20-26-8-6-7-9-30(26)33)25-10-15-32-31(21-25)36-34(23-41-32)45(40-4)37(47)44(36)29-13-11-28(12-14-29)38(2,3)24-39/h4-11,13-15,20-23,28H,1,12,16-19H2,2-3H3/q+1. The van der Waals surface area contributed by atoms with E-state index in [1.54, 1.807) is 10.8 Å². The van der Waals surface area contributed by atoms with Crippen molar-refractivity contribution in [2.45, 2.75) is 20.3 Å². The molecule has 1 fully saturated rings. The number of benzene rings is 3. The summed E-state index contributed by atoms with van der Waals surface area (Å²) in [6.45, 7) is 15.9. The Morgan fingerprint density at radius 2 is 1.87 bits per heavy atom. The highest BCUT2D eigenvalue weighted by Crippen LogP contribution is 2.38. The largest absolute Gasteiger partial charge is 0.404 e. The number of hydrogen-bond acceptors (Lipinski definition) is 5. The Kier molecular flexibility index (Phi) is 7.25. The molecule has 1 unspecified atom stereocenters. The molecule has 1 aliphatic carbocycles. The molecule has 0 saturated carbocycles. The molecule has 1 amide bonds. The van der Waals surface area contributed by atoms with Crippen LogP contribution in [-0.4, -0.2) is 51.2 Å². The van der Waals surface area contributed by atoms with E-state index in [2.05, 4.69) is 63.9 Å². The van der Waals surface area contributed by atoms with Gasteiger partial charge in [0.1, 0.15) is 0 Å². The molecule has 9 nitrogen and oxygen atoms in total. The van der Waals surface area contributed by atoms with E-state index in [0.717, 1.165) is 38.5 Å². The van der Waals surface area contributed by atoms with E-state index >= 15 is 0 Å². The number of fused-ring (bicyclic) bond motifs is 4. The van der Waals surface area contributed by atoms with Crippen molar-refractivity contribution in [1.29, 1.82) is 5.26 Å². The van der Waals surface area contributed by atoms with Crippen molar-refractivity contribution in [1.82, 2.24) is 19.1 Å². The molecule has 0 spiro atoms. The van der Waals surface area contributed by atoms with Crippen molar-refractivity contribution in [2.75, 3.05) is 31.1 Å². The molecule has 1 atom stereocenters. The SMILES string of the molecule is C#[N+]n1c(=O)n(C2=CCC(C(C)(C)C#N)C=C2)c2c3cc(-c4cc(N5CCN(C(=O)C=C)CC5)c5ccccc5c4)ccc3ncc21. The maximum Gasteiger partial charge on any atom is 0.404 e. The highest BCUT2D eigenvalue weighted by atomic mass is 16.2. The predicted molar refractivity (Wildman–Crippen MR) is 188 cm³/mol. The quantitative estimate of drug-likeness (QED) is 0.204. The molecule has 0 radical (unpaired) electrons. The Hall–Kier alpha value is -5.93. The molecule has 2 aromatic heterocycles. The summed E-state index contributed by atoms with van der Waals surface area (Å²) in [4.78, 5) is 38.6. The van der Waals surface area contributed by atoms with Gasteiger partial charge in [-0.1, -0.05) is 49.1 Å². The van der Waals surface area contributed by atoms with Gasteiger partial charge in [0.15, 0.2) is 5.52 Å². The molecular weight excluding hydrogens is 586 g/mol. The van der Waals surface area contributed by atoms with Crippen LogP contribution < -0.4 is 10.6 Å². The van der Waals surface area contributed by atoms with E-state index in [9.17, 15) is 14.9 Å². The van der Waals surface area contributed by atoms with Gasteiger partial charge in [-0.15, -0.1) is 0 Å². The summed E-state index contributed by atoms with van der Waals surface area (Å²) in [6, 6.07) is 21.2. The zero-order valence-corrected chi connectivity index (χ0v) is 26.4. The van der Waals surface area contributed by atoms with E-state index < -0.39 is 11.1 Å². The lowest BCUT2D eigenvalue weighted by atomic mass is 9.76. The first-order chi connectivity index (χ1) is 22.7. The van der Waals surface area contributed by atoms with Crippen molar-refractivity contribution in [3.05, 3.63) is 107 Å². The second kappa shape index (κ2) is 11.5. The van der Waals surface area contributed by atoms with Crippen LogP contribution in [0.4, 0.5) is 5.69 Å². The number of imidazole rings is 1. The van der Waals surface area contributed by atoms with Crippen LogP contribution in [-0.2, 0) is 4.79 Å². The molecule has 47 heavy (non-hydrogen) atoms. The number of hydrogen-bond donors (Lipinski definition) is 0. The maximum atomic E-state index is 13.8. The first kappa shape index (κ1) is 29.8. The summed E-state index contributed by atoms with van der Waals surface area (Å²) in [6.07, 6.45) is 9.54. The lowest BCUT2D eigenvalue weighted by Gasteiger charge is -2.36. The number of carbonyl (C=O) groups is 1. The third-order valence-electron chi connectivity index (χ3n) is 9.59. The minimum atomic E-state index is -0.537. The highest BCUT2D eigenvalue weighted by molar-refractivity contribution is 6.06. The van der Waals surface area contributed by atoms with E-state index in [4.69, 9.17) is 6.57 Å². The van der Waals surface area contributed by atoms with E-state index in [1.807, 2.05) is 55.2 Å². The minimum absolute atomic E-state index is 0.0251. The molecule has 0 N–H and O–H groups in total. The molecule has 232 valence electrons. The summed E-state index contributed by atoms with van der Waals surface area (Å²) < 4.78 is 2.82. The van der Waals surface area contributed by atoms with Crippen LogP contribution in [0.1, 0.15) is 20.3 Å². The number of nitrogens with zero attached hydrogens (tertiary/aromatic N) is 7. The second-order valence-corrected chi connectivity index (χ2v) is 12.7.